The standard InChI is InChI=1S/C18H21N3O2S/c1-13-20-16(12-24-13)11-23-17-5-3-2-4-14(17)6-7-18(22)21-9-8-15(19)10-21/h2-7,12,15H,8-11,19H2,1H3/b7-6+/t15-/m1/s1. The third kappa shape index (κ3) is 4.21. The van der Waals surface area contributed by atoms with Gasteiger partial charge in [0.25, 0.3) is 0 Å². The molecule has 1 saturated heterocycles. The number of nitrogens with two attached hydrogens (primary N) is 1. The second kappa shape index (κ2) is 7.59. The van der Waals surface area contributed by atoms with E-state index >= 15 is 0 Å². The Morgan fingerprint density at radius 3 is 3.04 bits per heavy atom. The van der Waals surface area contributed by atoms with Crippen molar-refractivity contribution in [3.8, 4) is 5.75 Å². The van der Waals surface area contributed by atoms with E-state index in [1.54, 1.807) is 28.4 Å². The Morgan fingerprint density at radius 2 is 2.33 bits per heavy atom. The maximum absolute atomic E-state index is 12.2. The average Bonchev–Trinajstić information content (AvgIpc) is 3.20. The molecule has 126 valence electrons. The zero-order valence-electron chi connectivity index (χ0n) is 13.6. The van der Waals surface area contributed by atoms with Crippen molar-refractivity contribution in [3.05, 3.63) is 52.0 Å². The molecule has 0 aliphatic carbocycles. The van der Waals surface area contributed by atoms with Crippen LogP contribution in [0.4, 0.5) is 0 Å². The predicted molar refractivity (Wildman–Crippen MR) is 95.8 cm³/mol. The Hall–Kier alpha value is -2.18. The van der Waals surface area contributed by atoms with E-state index in [9.17, 15) is 4.79 Å². The number of amides is 1. The second-order valence-electron chi connectivity index (χ2n) is 5.85. The van der Waals surface area contributed by atoms with Gasteiger partial charge in [-0.1, -0.05) is 18.2 Å². The van der Waals surface area contributed by atoms with Crippen LogP contribution in [0, 0.1) is 6.92 Å². The highest BCUT2D eigenvalue weighted by Gasteiger charge is 2.21. The van der Waals surface area contributed by atoms with Gasteiger partial charge in [0.1, 0.15) is 12.4 Å². The molecule has 24 heavy (non-hydrogen) atoms. The molecule has 1 aromatic heterocycles. The van der Waals surface area contributed by atoms with Crippen molar-refractivity contribution in [1.82, 2.24) is 9.88 Å². The van der Waals surface area contributed by atoms with E-state index in [1.165, 1.54) is 0 Å². The van der Waals surface area contributed by atoms with Gasteiger partial charge < -0.3 is 15.4 Å². The molecule has 0 radical (unpaired) electrons. The van der Waals surface area contributed by atoms with Crippen LogP contribution in [0.1, 0.15) is 22.7 Å². The smallest absolute Gasteiger partial charge is 0.246 e. The van der Waals surface area contributed by atoms with E-state index in [0.717, 1.165) is 35.0 Å². The number of aryl methyl sites for hydroxylation is 1. The van der Waals surface area contributed by atoms with Crippen LogP contribution in [0.5, 0.6) is 5.75 Å². The molecule has 3 rings (SSSR count). The zero-order valence-corrected chi connectivity index (χ0v) is 14.5. The molecule has 6 heteroatoms. The van der Waals surface area contributed by atoms with Crippen LogP contribution in [0.2, 0.25) is 0 Å². The summed E-state index contributed by atoms with van der Waals surface area (Å²) in [5, 5.41) is 3.02. The number of carbonyl (C=O) groups excluding carboxylic acids is 1. The summed E-state index contributed by atoms with van der Waals surface area (Å²) in [6.07, 6.45) is 4.26. The first-order valence-corrected chi connectivity index (χ1v) is 8.85. The molecule has 0 unspecified atom stereocenters. The number of thiazole rings is 1. The number of hydrogen-bond donors (Lipinski definition) is 1. The SMILES string of the molecule is Cc1nc(COc2ccccc2/C=C/C(=O)N2CC[C@@H](N)C2)cs1. The first-order chi connectivity index (χ1) is 11.6. The predicted octanol–water partition coefficient (Wildman–Crippen LogP) is 2.60. The molecule has 0 bridgehead atoms. The molecule has 1 fully saturated rings. The van der Waals surface area contributed by atoms with Crippen molar-refractivity contribution in [2.24, 2.45) is 5.73 Å². The molecule has 1 amide bonds. The number of para-hydroxylation sites is 1. The second-order valence-corrected chi connectivity index (χ2v) is 6.91. The summed E-state index contributed by atoms with van der Waals surface area (Å²) in [5.41, 5.74) is 7.64. The van der Waals surface area contributed by atoms with Crippen molar-refractivity contribution >= 4 is 23.3 Å². The molecule has 5 nitrogen and oxygen atoms in total. The Bertz CT molecular complexity index is 741. The topological polar surface area (TPSA) is 68.5 Å². The van der Waals surface area contributed by atoms with Crippen LogP contribution in [-0.2, 0) is 11.4 Å². The number of aromatic nitrogens is 1. The molecule has 1 aliphatic rings. The maximum Gasteiger partial charge on any atom is 0.246 e. The molecular weight excluding hydrogens is 322 g/mol. The first-order valence-electron chi connectivity index (χ1n) is 7.97. The lowest BCUT2D eigenvalue weighted by Gasteiger charge is -2.13. The number of carbonyl (C=O) groups is 1. The molecule has 2 N–H and O–H groups in total. The van der Waals surface area contributed by atoms with E-state index in [0.29, 0.717) is 13.2 Å². The van der Waals surface area contributed by atoms with Gasteiger partial charge in [-0.3, -0.25) is 4.79 Å². The third-order valence-corrected chi connectivity index (χ3v) is 4.73. The first kappa shape index (κ1) is 16.7. The Kier molecular flexibility index (Phi) is 5.27. The highest BCUT2D eigenvalue weighted by molar-refractivity contribution is 7.09. The number of benzene rings is 1. The summed E-state index contributed by atoms with van der Waals surface area (Å²) >= 11 is 1.61. The van der Waals surface area contributed by atoms with Gasteiger partial charge in [-0.05, 0) is 25.5 Å². The quantitative estimate of drug-likeness (QED) is 0.847. The molecular formula is C18H21N3O2S. The number of nitrogens with zero attached hydrogens (tertiary/aromatic N) is 2. The number of rotatable bonds is 5. The van der Waals surface area contributed by atoms with Crippen molar-refractivity contribution < 1.29 is 9.53 Å². The Balaban J connectivity index is 1.65. The molecule has 1 atom stereocenters. The fourth-order valence-corrected chi connectivity index (χ4v) is 3.23. The van der Waals surface area contributed by atoms with Crippen LogP contribution in [0.15, 0.2) is 35.7 Å². The van der Waals surface area contributed by atoms with Gasteiger partial charge in [-0.25, -0.2) is 4.98 Å². The minimum atomic E-state index is -0.00659. The lowest BCUT2D eigenvalue weighted by Crippen LogP contribution is -2.30. The van der Waals surface area contributed by atoms with Crippen LogP contribution in [0.3, 0.4) is 0 Å². The minimum Gasteiger partial charge on any atom is -0.487 e. The van der Waals surface area contributed by atoms with Gasteiger partial charge in [0.05, 0.1) is 10.7 Å². The van der Waals surface area contributed by atoms with Gasteiger partial charge in [-0.2, -0.15) is 0 Å². The van der Waals surface area contributed by atoms with Crippen LogP contribution in [0.25, 0.3) is 6.08 Å². The Morgan fingerprint density at radius 1 is 1.50 bits per heavy atom. The van der Waals surface area contributed by atoms with Crippen molar-refractivity contribution in [2.45, 2.75) is 26.0 Å². The fraction of sp³-hybridized carbons (Fsp3) is 0.333. The summed E-state index contributed by atoms with van der Waals surface area (Å²) < 4.78 is 5.86. The number of likely N-dealkylation sites (tertiary alicyclic amines) is 1. The van der Waals surface area contributed by atoms with E-state index in [1.807, 2.05) is 36.6 Å². The van der Waals surface area contributed by atoms with E-state index < -0.39 is 0 Å². The lowest BCUT2D eigenvalue weighted by molar-refractivity contribution is -0.124. The van der Waals surface area contributed by atoms with Crippen molar-refractivity contribution in [1.29, 1.82) is 0 Å². The molecule has 0 spiro atoms. The van der Waals surface area contributed by atoms with Gasteiger partial charge in [0.2, 0.25) is 5.91 Å². The zero-order chi connectivity index (χ0) is 16.9. The average molecular weight is 343 g/mol. The fourth-order valence-electron chi connectivity index (χ4n) is 2.63. The molecule has 0 saturated carbocycles. The summed E-state index contributed by atoms with van der Waals surface area (Å²) in [4.78, 5) is 18.4. The third-order valence-electron chi connectivity index (χ3n) is 3.90. The summed E-state index contributed by atoms with van der Waals surface area (Å²) in [5.74, 6) is 0.734. The number of hydrogen-bond acceptors (Lipinski definition) is 5. The van der Waals surface area contributed by atoms with E-state index in [4.69, 9.17) is 10.5 Å². The van der Waals surface area contributed by atoms with Crippen LogP contribution in [-0.4, -0.2) is 34.9 Å². The van der Waals surface area contributed by atoms with Gasteiger partial charge in [0, 0.05) is 36.2 Å². The molecule has 2 heterocycles. The van der Waals surface area contributed by atoms with Crippen molar-refractivity contribution in [3.63, 3.8) is 0 Å². The Labute approximate surface area is 145 Å². The normalized spacial score (nSPS) is 17.6. The molecule has 1 aromatic carbocycles. The van der Waals surface area contributed by atoms with Gasteiger partial charge in [-0.15, -0.1) is 11.3 Å². The largest absolute Gasteiger partial charge is 0.487 e. The highest BCUT2D eigenvalue weighted by Crippen LogP contribution is 2.21. The lowest BCUT2D eigenvalue weighted by atomic mass is 10.2. The van der Waals surface area contributed by atoms with E-state index in [2.05, 4.69) is 4.98 Å². The monoisotopic (exact) mass is 343 g/mol. The highest BCUT2D eigenvalue weighted by atomic mass is 32.1. The summed E-state index contributed by atoms with van der Waals surface area (Å²) in [6, 6.07) is 7.77. The van der Waals surface area contributed by atoms with Crippen LogP contribution < -0.4 is 10.5 Å². The van der Waals surface area contributed by atoms with Gasteiger partial charge >= 0.3 is 0 Å². The summed E-state index contributed by atoms with van der Waals surface area (Å²) in [7, 11) is 0. The van der Waals surface area contributed by atoms with Crippen LogP contribution >= 0.6 is 11.3 Å². The maximum atomic E-state index is 12.2. The molecule has 1 aliphatic heterocycles. The van der Waals surface area contributed by atoms with Crippen molar-refractivity contribution in [2.75, 3.05) is 13.1 Å². The van der Waals surface area contributed by atoms with Gasteiger partial charge in [0.15, 0.2) is 0 Å². The summed E-state index contributed by atoms with van der Waals surface area (Å²) in [6.45, 7) is 3.75. The van der Waals surface area contributed by atoms with E-state index in [-0.39, 0.29) is 11.9 Å². The molecule has 2 aromatic rings. The minimum absolute atomic E-state index is 0.00659. The number of ether oxygens (including phenoxy) is 1.